The lowest BCUT2D eigenvalue weighted by Gasteiger charge is -2.25. The highest BCUT2D eigenvalue weighted by molar-refractivity contribution is 5.97. The van der Waals surface area contributed by atoms with Crippen LogP contribution in [0.15, 0.2) is 24.3 Å². The fourth-order valence-electron chi connectivity index (χ4n) is 3.55. The highest BCUT2D eigenvalue weighted by atomic mass is 16.2. The monoisotopic (exact) mass is 272 g/mol. The quantitative estimate of drug-likeness (QED) is 0.823. The van der Waals surface area contributed by atoms with Crippen molar-refractivity contribution in [2.24, 2.45) is 5.92 Å². The lowest BCUT2D eigenvalue weighted by Crippen LogP contribution is -2.32. The molecule has 0 aromatic heterocycles. The predicted octanol–water partition coefficient (Wildman–Crippen LogP) is 3.44. The molecule has 20 heavy (non-hydrogen) atoms. The summed E-state index contributed by atoms with van der Waals surface area (Å²) in [5.74, 6) is 0.940. The molecule has 1 heterocycles. The molecule has 0 bridgehead atoms. The normalized spacial score (nSPS) is 19.9. The van der Waals surface area contributed by atoms with E-state index in [1.807, 2.05) is 11.0 Å². The Hall–Kier alpha value is -1.51. The average Bonchev–Trinajstić information content (AvgIpc) is 2.90. The van der Waals surface area contributed by atoms with Crippen molar-refractivity contribution in [3.63, 3.8) is 0 Å². The second kappa shape index (κ2) is 5.86. The number of carbonyl (C=O) groups is 1. The number of fused-ring (bicyclic) bond motifs is 1. The van der Waals surface area contributed by atoms with Gasteiger partial charge in [-0.25, -0.2) is 0 Å². The Kier molecular flexibility index (Phi) is 3.95. The maximum Gasteiger partial charge on any atom is 0.227 e. The van der Waals surface area contributed by atoms with Crippen LogP contribution in [0.25, 0.3) is 0 Å². The number of hydrogen-bond acceptors (Lipinski definition) is 2. The smallest absolute Gasteiger partial charge is 0.227 e. The van der Waals surface area contributed by atoms with Gasteiger partial charge >= 0.3 is 0 Å². The first kappa shape index (κ1) is 13.5. The summed E-state index contributed by atoms with van der Waals surface area (Å²) >= 11 is 0. The van der Waals surface area contributed by atoms with Gasteiger partial charge in [-0.1, -0.05) is 25.0 Å². The maximum atomic E-state index is 12.7. The lowest BCUT2D eigenvalue weighted by molar-refractivity contribution is -0.119. The topological polar surface area (TPSA) is 23.6 Å². The van der Waals surface area contributed by atoms with Crippen molar-refractivity contribution in [3.8, 4) is 0 Å². The van der Waals surface area contributed by atoms with E-state index in [4.69, 9.17) is 0 Å². The van der Waals surface area contributed by atoms with Crippen molar-refractivity contribution in [1.29, 1.82) is 0 Å². The minimum atomic E-state index is 0.319. The summed E-state index contributed by atoms with van der Waals surface area (Å²) in [4.78, 5) is 17.0. The summed E-state index contributed by atoms with van der Waals surface area (Å²) in [6.45, 7) is 1.87. The molecule has 108 valence electrons. The van der Waals surface area contributed by atoms with Gasteiger partial charge < -0.3 is 9.80 Å². The first-order chi connectivity index (χ1) is 9.75. The molecule has 0 atom stereocenters. The third-order valence-corrected chi connectivity index (χ3v) is 4.70. The number of rotatable bonds is 2. The van der Waals surface area contributed by atoms with Gasteiger partial charge in [0.05, 0.1) is 11.4 Å². The molecule has 1 aliphatic carbocycles. The number of benzene rings is 1. The van der Waals surface area contributed by atoms with Crippen molar-refractivity contribution in [2.75, 3.05) is 29.9 Å². The van der Waals surface area contributed by atoms with E-state index in [-0.39, 0.29) is 0 Å². The summed E-state index contributed by atoms with van der Waals surface area (Å²) in [5, 5.41) is 0. The van der Waals surface area contributed by atoms with Crippen LogP contribution < -0.4 is 9.80 Å². The van der Waals surface area contributed by atoms with Gasteiger partial charge in [-0.05, 0) is 37.3 Å². The molecule has 2 aliphatic rings. The summed E-state index contributed by atoms with van der Waals surface area (Å²) in [7, 11) is 2.11. The number of nitrogens with zero attached hydrogens (tertiary/aromatic N) is 2. The number of amides is 1. The van der Waals surface area contributed by atoms with Crippen molar-refractivity contribution >= 4 is 17.3 Å². The van der Waals surface area contributed by atoms with Crippen LogP contribution in [0.2, 0.25) is 0 Å². The van der Waals surface area contributed by atoms with Crippen LogP contribution in [0.3, 0.4) is 0 Å². The van der Waals surface area contributed by atoms with E-state index in [2.05, 4.69) is 30.1 Å². The Bertz CT molecular complexity index is 480. The third-order valence-electron chi connectivity index (χ3n) is 4.70. The van der Waals surface area contributed by atoms with Gasteiger partial charge in [0.2, 0.25) is 5.91 Å². The van der Waals surface area contributed by atoms with E-state index in [1.54, 1.807) is 0 Å². The van der Waals surface area contributed by atoms with Crippen molar-refractivity contribution in [3.05, 3.63) is 24.3 Å². The zero-order valence-electron chi connectivity index (χ0n) is 12.3. The first-order valence-corrected chi connectivity index (χ1v) is 7.86. The molecule has 1 saturated carbocycles. The summed E-state index contributed by atoms with van der Waals surface area (Å²) in [6, 6.07) is 8.30. The molecule has 1 aliphatic heterocycles. The molecule has 1 aromatic rings. The molecule has 3 heteroatoms. The van der Waals surface area contributed by atoms with Crippen molar-refractivity contribution in [2.45, 2.75) is 38.5 Å². The molecule has 1 aromatic carbocycles. The molecule has 1 amide bonds. The van der Waals surface area contributed by atoms with Crippen LogP contribution in [0.4, 0.5) is 11.4 Å². The van der Waals surface area contributed by atoms with Crippen LogP contribution >= 0.6 is 0 Å². The average molecular weight is 272 g/mol. The van der Waals surface area contributed by atoms with E-state index in [9.17, 15) is 4.79 Å². The molecule has 0 unspecified atom stereocenters. The third kappa shape index (κ3) is 2.67. The molecule has 0 N–H and O–H groups in total. The summed E-state index contributed by atoms with van der Waals surface area (Å²) in [6.07, 6.45) is 6.86. The maximum absolute atomic E-state index is 12.7. The van der Waals surface area contributed by atoms with E-state index in [1.165, 1.54) is 31.4 Å². The number of anilines is 2. The number of para-hydroxylation sites is 2. The Morgan fingerprint density at radius 3 is 2.55 bits per heavy atom. The minimum absolute atomic E-state index is 0.319. The van der Waals surface area contributed by atoms with Crippen LogP contribution in [0.1, 0.15) is 38.5 Å². The molecule has 3 nitrogen and oxygen atoms in total. The Balaban J connectivity index is 1.81. The van der Waals surface area contributed by atoms with Gasteiger partial charge in [0.25, 0.3) is 0 Å². The first-order valence-electron chi connectivity index (χ1n) is 7.86. The highest BCUT2D eigenvalue weighted by Gasteiger charge is 2.26. The fraction of sp³-hybridized carbons (Fsp3) is 0.588. The number of carbonyl (C=O) groups excluding carboxylic acids is 1. The van der Waals surface area contributed by atoms with Crippen molar-refractivity contribution in [1.82, 2.24) is 0 Å². The summed E-state index contributed by atoms with van der Waals surface area (Å²) in [5.41, 5.74) is 2.28. The lowest BCUT2D eigenvalue weighted by atomic mass is 10.0. The molecule has 3 rings (SSSR count). The van der Waals surface area contributed by atoms with Gasteiger partial charge in [-0.15, -0.1) is 0 Å². The molecular weight excluding hydrogens is 248 g/mol. The molecule has 1 fully saturated rings. The van der Waals surface area contributed by atoms with E-state index >= 15 is 0 Å². The van der Waals surface area contributed by atoms with Crippen LogP contribution in [0.5, 0.6) is 0 Å². The molecule has 0 radical (unpaired) electrons. The van der Waals surface area contributed by atoms with E-state index < -0.39 is 0 Å². The van der Waals surface area contributed by atoms with Crippen LogP contribution in [-0.2, 0) is 4.79 Å². The molecular formula is C17H24N2O. The summed E-state index contributed by atoms with van der Waals surface area (Å²) < 4.78 is 0. The van der Waals surface area contributed by atoms with Crippen molar-refractivity contribution < 1.29 is 4.79 Å². The standard InChI is InChI=1S/C17H24N2O/c1-18-11-6-12-19(16-10-5-4-9-15(16)18)17(20)13-14-7-2-3-8-14/h4-5,9-10,14H,2-3,6-8,11-13H2,1H3. The van der Waals surface area contributed by atoms with Gasteiger partial charge in [0.15, 0.2) is 0 Å². The van der Waals surface area contributed by atoms with Crippen LogP contribution in [0, 0.1) is 5.92 Å². The van der Waals surface area contributed by atoms with Gasteiger partial charge in [-0.2, -0.15) is 0 Å². The zero-order chi connectivity index (χ0) is 13.9. The predicted molar refractivity (Wildman–Crippen MR) is 83.3 cm³/mol. The Morgan fingerprint density at radius 1 is 1.10 bits per heavy atom. The van der Waals surface area contributed by atoms with Crippen LogP contribution in [-0.4, -0.2) is 26.0 Å². The Morgan fingerprint density at radius 2 is 1.80 bits per heavy atom. The highest BCUT2D eigenvalue weighted by Crippen LogP contribution is 2.34. The molecule has 0 spiro atoms. The number of hydrogen-bond donors (Lipinski definition) is 0. The second-order valence-corrected chi connectivity index (χ2v) is 6.16. The zero-order valence-corrected chi connectivity index (χ0v) is 12.3. The molecule has 0 saturated heterocycles. The van der Waals surface area contributed by atoms with Gasteiger partial charge in [0, 0.05) is 26.6 Å². The largest absolute Gasteiger partial charge is 0.373 e. The van der Waals surface area contributed by atoms with Gasteiger partial charge in [-0.3, -0.25) is 4.79 Å². The fourth-order valence-corrected chi connectivity index (χ4v) is 3.55. The van der Waals surface area contributed by atoms with Gasteiger partial charge in [0.1, 0.15) is 0 Å². The van der Waals surface area contributed by atoms with E-state index in [0.29, 0.717) is 11.8 Å². The second-order valence-electron chi connectivity index (χ2n) is 6.16. The Labute approximate surface area is 121 Å². The SMILES string of the molecule is CN1CCCN(C(=O)CC2CCCC2)c2ccccc21. The minimum Gasteiger partial charge on any atom is -0.373 e. The van der Waals surface area contributed by atoms with E-state index in [0.717, 1.165) is 31.6 Å².